The minimum absolute atomic E-state index is 0.505. The first-order valence-electron chi connectivity index (χ1n) is 7.14. The molecule has 0 saturated carbocycles. The van der Waals surface area contributed by atoms with Crippen molar-refractivity contribution in [1.29, 1.82) is 0 Å². The average molecular weight is 246 g/mol. The highest BCUT2D eigenvalue weighted by molar-refractivity contribution is 5.46. The molecule has 18 heavy (non-hydrogen) atoms. The third-order valence-corrected chi connectivity index (χ3v) is 4.46. The molecule has 0 radical (unpaired) electrons. The fraction of sp³-hybridized carbons (Fsp3) is 0.625. The summed E-state index contributed by atoms with van der Waals surface area (Å²) in [7, 11) is 2.23. The van der Waals surface area contributed by atoms with Gasteiger partial charge in [-0.25, -0.2) is 0 Å². The molecule has 1 saturated heterocycles. The third-order valence-electron chi connectivity index (χ3n) is 4.46. The van der Waals surface area contributed by atoms with E-state index in [9.17, 15) is 0 Å². The van der Waals surface area contributed by atoms with Crippen LogP contribution in [-0.2, 0) is 0 Å². The molecule has 1 aromatic rings. The first kappa shape index (κ1) is 13.4. The van der Waals surface area contributed by atoms with Crippen molar-refractivity contribution in [3.8, 4) is 0 Å². The number of benzene rings is 1. The standard InChI is InChI=1S/C16H26N2/c1-4-16(9-11-17-12-10-16)13-18(3)15-7-5-14(2)6-8-15/h5-8,17H,4,9-13H2,1-3H3. The Labute approximate surface area is 111 Å². The van der Waals surface area contributed by atoms with Crippen molar-refractivity contribution in [2.24, 2.45) is 5.41 Å². The largest absolute Gasteiger partial charge is 0.374 e. The van der Waals surface area contributed by atoms with Crippen LogP contribution in [0.15, 0.2) is 24.3 Å². The molecule has 1 aromatic carbocycles. The van der Waals surface area contributed by atoms with Crippen molar-refractivity contribution in [2.45, 2.75) is 33.1 Å². The highest BCUT2D eigenvalue weighted by Crippen LogP contribution is 2.34. The molecule has 2 nitrogen and oxygen atoms in total. The molecule has 0 aromatic heterocycles. The minimum Gasteiger partial charge on any atom is -0.374 e. The highest BCUT2D eigenvalue weighted by atomic mass is 15.1. The molecule has 1 fully saturated rings. The van der Waals surface area contributed by atoms with Gasteiger partial charge in [-0.05, 0) is 56.8 Å². The van der Waals surface area contributed by atoms with Crippen molar-refractivity contribution < 1.29 is 0 Å². The van der Waals surface area contributed by atoms with Crippen LogP contribution in [0.1, 0.15) is 31.7 Å². The second kappa shape index (κ2) is 5.75. The Bertz CT molecular complexity index is 363. The molecule has 2 rings (SSSR count). The summed E-state index contributed by atoms with van der Waals surface area (Å²) >= 11 is 0. The summed E-state index contributed by atoms with van der Waals surface area (Å²) < 4.78 is 0. The summed E-state index contributed by atoms with van der Waals surface area (Å²) in [6.07, 6.45) is 3.89. The fourth-order valence-electron chi connectivity index (χ4n) is 2.97. The molecule has 1 aliphatic rings. The Morgan fingerprint density at radius 3 is 2.33 bits per heavy atom. The van der Waals surface area contributed by atoms with Gasteiger partial charge in [-0.15, -0.1) is 0 Å². The van der Waals surface area contributed by atoms with E-state index in [0.717, 1.165) is 0 Å². The maximum absolute atomic E-state index is 3.48. The van der Waals surface area contributed by atoms with Crippen LogP contribution >= 0.6 is 0 Å². The number of aryl methyl sites for hydroxylation is 1. The number of anilines is 1. The Balaban J connectivity index is 2.04. The maximum Gasteiger partial charge on any atom is 0.0363 e. The van der Waals surface area contributed by atoms with Gasteiger partial charge in [0, 0.05) is 19.3 Å². The Morgan fingerprint density at radius 1 is 1.17 bits per heavy atom. The first-order valence-corrected chi connectivity index (χ1v) is 7.14. The number of piperidine rings is 1. The van der Waals surface area contributed by atoms with Gasteiger partial charge >= 0.3 is 0 Å². The van der Waals surface area contributed by atoms with Crippen LogP contribution in [0.25, 0.3) is 0 Å². The lowest BCUT2D eigenvalue weighted by atomic mass is 9.76. The zero-order valence-electron chi connectivity index (χ0n) is 12.0. The minimum atomic E-state index is 0.505. The molecule has 2 heteroatoms. The average Bonchev–Trinajstić information content (AvgIpc) is 2.40. The van der Waals surface area contributed by atoms with E-state index in [0.29, 0.717) is 5.41 Å². The van der Waals surface area contributed by atoms with Gasteiger partial charge in [0.15, 0.2) is 0 Å². The van der Waals surface area contributed by atoms with Gasteiger partial charge in [-0.3, -0.25) is 0 Å². The van der Waals surface area contributed by atoms with Gasteiger partial charge in [0.05, 0.1) is 0 Å². The number of rotatable bonds is 4. The quantitative estimate of drug-likeness (QED) is 0.877. The van der Waals surface area contributed by atoms with Crippen LogP contribution in [0.3, 0.4) is 0 Å². The van der Waals surface area contributed by atoms with Crippen LogP contribution in [0.4, 0.5) is 5.69 Å². The summed E-state index contributed by atoms with van der Waals surface area (Å²) in [6, 6.07) is 8.87. The number of hydrogen-bond acceptors (Lipinski definition) is 2. The summed E-state index contributed by atoms with van der Waals surface area (Å²) in [4.78, 5) is 2.42. The second-order valence-electron chi connectivity index (χ2n) is 5.80. The molecule has 1 N–H and O–H groups in total. The van der Waals surface area contributed by atoms with E-state index in [1.54, 1.807) is 0 Å². The Morgan fingerprint density at radius 2 is 1.78 bits per heavy atom. The number of nitrogens with one attached hydrogen (secondary N) is 1. The molecular formula is C16H26N2. The van der Waals surface area contributed by atoms with Crippen LogP contribution in [0, 0.1) is 12.3 Å². The predicted octanol–water partition coefficient (Wildman–Crippen LogP) is 3.21. The Kier molecular flexibility index (Phi) is 4.28. The van der Waals surface area contributed by atoms with Crippen molar-refractivity contribution in [2.75, 3.05) is 31.6 Å². The lowest BCUT2D eigenvalue weighted by Gasteiger charge is -2.40. The lowest BCUT2D eigenvalue weighted by molar-refractivity contribution is 0.200. The van der Waals surface area contributed by atoms with Gasteiger partial charge in [-0.2, -0.15) is 0 Å². The monoisotopic (exact) mass is 246 g/mol. The molecule has 0 bridgehead atoms. The van der Waals surface area contributed by atoms with E-state index in [4.69, 9.17) is 0 Å². The zero-order valence-corrected chi connectivity index (χ0v) is 12.0. The van der Waals surface area contributed by atoms with Gasteiger partial charge in [0.2, 0.25) is 0 Å². The van der Waals surface area contributed by atoms with Gasteiger partial charge < -0.3 is 10.2 Å². The van der Waals surface area contributed by atoms with Crippen LogP contribution in [-0.4, -0.2) is 26.7 Å². The summed E-state index contributed by atoms with van der Waals surface area (Å²) in [5.74, 6) is 0. The summed E-state index contributed by atoms with van der Waals surface area (Å²) in [6.45, 7) is 8.01. The van der Waals surface area contributed by atoms with Crippen molar-refractivity contribution in [3.05, 3.63) is 29.8 Å². The van der Waals surface area contributed by atoms with E-state index in [2.05, 4.69) is 55.4 Å². The molecule has 1 heterocycles. The highest BCUT2D eigenvalue weighted by Gasteiger charge is 2.31. The molecule has 100 valence electrons. The SMILES string of the molecule is CCC1(CN(C)c2ccc(C)cc2)CCNCC1. The van der Waals surface area contributed by atoms with Gasteiger partial charge in [0.25, 0.3) is 0 Å². The molecule has 0 amide bonds. The smallest absolute Gasteiger partial charge is 0.0363 e. The predicted molar refractivity (Wildman–Crippen MR) is 79.3 cm³/mol. The maximum atomic E-state index is 3.48. The second-order valence-corrected chi connectivity index (χ2v) is 5.80. The van der Waals surface area contributed by atoms with E-state index >= 15 is 0 Å². The molecule has 0 unspecified atom stereocenters. The summed E-state index contributed by atoms with van der Waals surface area (Å²) in [5.41, 5.74) is 3.18. The number of hydrogen-bond donors (Lipinski definition) is 1. The van der Waals surface area contributed by atoms with E-state index in [1.807, 2.05) is 0 Å². The Hall–Kier alpha value is -1.02. The fourth-order valence-corrected chi connectivity index (χ4v) is 2.97. The van der Waals surface area contributed by atoms with Crippen molar-refractivity contribution in [3.63, 3.8) is 0 Å². The van der Waals surface area contributed by atoms with E-state index in [1.165, 1.54) is 50.1 Å². The van der Waals surface area contributed by atoms with E-state index in [-0.39, 0.29) is 0 Å². The molecule has 0 spiro atoms. The molecule has 0 aliphatic carbocycles. The van der Waals surface area contributed by atoms with Gasteiger partial charge in [-0.1, -0.05) is 24.6 Å². The zero-order chi connectivity index (χ0) is 13.0. The molecule has 0 atom stereocenters. The van der Waals surface area contributed by atoms with Crippen LogP contribution < -0.4 is 10.2 Å². The lowest BCUT2D eigenvalue weighted by Crippen LogP contribution is -2.43. The third kappa shape index (κ3) is 3.05. The number of nitrogens with zero attached hydrogens (tertiary/aromatic N) is 1. The normalized spacial score (nSPS) is 18.6. The first-order chi connectivity index (χ1) is 8.65. The van der Waals surface area contributed by atoms with Gasteiger partial charge in [0.1, 0.15) is 0 Å². The summed E-state index contributed by atoms with van der Waals surface area (Å²) in [5, 5.41) is 3.48. The molecule has 1 aliphatic heterocycles. The topological polar surface area (TPSA) is 15.3 Å². The van der Waals surface area contributed by atoms with E-state index < -0.39 is 0 Å². The van der Waals surface area contributed by atoms with Crippen LogP contribution in [0.2, 0.25) is 0 Å². The van der Waals surface area contributed by atoms with Crippen molar-refractivity contribution >= 4 is 5.69 Å². The molecular weight excluding hydrogens is 220 g/mol. The van der Waals surface area contributed by atoms with Crippen molar-refractivity contribution in [1.82, 2.24) is 5.32 Å². The van der Waals surface area contributed by atoms with Crippen LogP contribution in [0.5, 0.6) is 0 Å².